The first kappa shape index (κ1) is 17.4. The van der Waals surface area contributed by atoms with E-state index in [0.29, 0.717) is 24.6 Å². The van der Waals surface area contributed by atoms with Gasteiger partial charge in [-0.3, -0.25) is 0 Å². The second-order valence-electron chi connectivity index (χ2n) is 5.83. The number of aromatic carboxylic acids is 1. The van der Waals surface area contributed by atoms with Crippen molar-refractivity contribution < 1.29 is 18.3 Å². The predicted octanol–water partition coefficient (Wildman–Crippen LogP) is 1.76. The van der Waals surface area contributed by atoms with Gasteiger partial charge in [0.15, 0.2) is 0 Å². The molecular weight excluding hydrogens is 324 g/mol. The van der Waals surface area contributed by atoms with Crippen molar-refractivity contribution in [2.75, 3.05) is 26.2 Å². The number of nitrogens with zero attached hydrogens (tertiary/aromatic N) is 1. The Morgan fingerprint density at radius 2 is 2.27 bits per heavy atom. The highest BCUT2D eigenvalue weighted by Crippen LogP contribution is 2.25. The third-order valence-electron chi connectivity index (χ3n) is 3.82. The number of rotatable bonds is 6. The number of hydrogen-bond donors (Lipinski definition) is 2. The Hall–Kier alpha value is -0.960. The minimum Gasteiger partial charge on any atom is -0.477 e. The lowest BCUT2D eigenvalue weighted by molar-refractivity contribution is 0.0701. The molecule has 0 spiro atoms. The maximum Gasteiger partial charge on any atom is 0.346 e. The molecule has 0 aliphatic carbocycles. The van der Waals surface area contributed by atoms with Crippen LogP contribution in [0.5, 0.6) is 0 Å². The van der Waals surface area contributed by atoms with E-state index < -0.39 is 16.0 Å². The van der Waals surface area contributed by atoms with Gasteiger partial charge in [0.05, 0.1) is 0 Å². The van der Waals surface area contributed by atoms with Gasteiger partial charge in [0.2, 0.25) is 10.0 Å². The first-order valence-electron chi connectivity index (χ1n) is 7.35. The molecule has 1 fully saturated rings. The van der Waals surface area contributed by atoms with E-state index in [4.69, 9.17) is 5.11 Å². The molecule has 0 amide bonds. The van der Waals surface area contributed by atoms with Crippen LogP contribution in [0.3, 0.4) is 0 Å². The topological polar surface area (TPSA) is 86.7 Å². The average molecular weight is 346 g/mol. The van der Waals surface area contributed by atoms with Crippen LogP contribution in [-0.2, 0) is 10.0 Å². The van der Waals surface area contributed by atoms with E-state index in [-0.39, 0.29) is 9.09 Å². The molecule has 124 valence electrons. The Labute approximate surface area is 135 Å². The van der Waals surface area contributed by atoms with E-state index in [9.17, 15) is 13.2 Å². The van der Waals surface area contributed by atoms with Gasteiger partial charge in [-0.05, 0) is 43.9 Å². The van der Waals surface area contributed by atoms with Crippen molar-refractivity contribution >= 4 is 27.3 Å². The molecule has 8 heteroatoms. The maximum atomic E-state index is 12.2. The van der Waals surface area contributed by atoms with E-state index in [2.05, 4.69) is 16.5 Å². The van der Waals surface area contributed by atoms with Crippen molar-refractivity contribution in [1.29, 1.82) is 0 Å². The number of likely N-dealkylation sites (tertiary alicyclic amines) is 1. The monoisotopic (exact) mass is 346 g/mol. The van der Waals surface area contributed by atoms with Crippen LogP contribution in [0.25, 0.3) is 0 Å². The summed E-state index contributed by atoms with van der Waals surface area (Å²) in [6.45, 7) is 6.84. The highest BCUT2D eigenvalue weighted by atomic mass is 32.2. The first-order chi connectivity index (χ1) is 10.3. The SMILES string of the molecule is Cc1cc(S(=O)(=O)NCCN2CCCC(C)C2)sc1C(=O)O. The van der Waals surface area contributed by atoms with Gasteiger partial charge in [-0.1, -0.05) is 6.92 Å². The fourth-order valence-corrected chi connectivity index (χ4v) is 5.14. The number of carboxylic acid groups (broad SMARTS) is 1. The third kappa shape index (κ3) is 4.28. The third-order valence-corrected chi connectivity index (χ3v) is 6.98. The van der Waals surface area contributed by atoms with Gasteiger partial charge in [-0.2, -0.15) is 0 Å². The smallest absolute Gasteiger partial charge is 0.346 e. The molecule has 1 aromatic heterocycles. The van der Waals surface area contributed by atoms with Gasteiger partial charge in [-0.25, -0.2) is 17.9 Å². The van der Waals surface area contributed by atoms with Gasteiger partial charge in [0.25, 0.3) is 0 Å². The largest absolute Gasteiger partial charge is 0.477 e. The summed E-state index contributed by atoms with van der Waals surface area (Å²) >= 11 is 0.797. The zero-order valence-electron chi connectivity index (χ0n) is 12.8. The summed E-state index contributed by atoms with van der Waals surface area (Å²) in [6, 6.07) is 1.42. The molecule has 1 aliphatic rings. The van der Waals surface area contributed by atoms with Crippen LogP contribution in [-0.4, -0.2) is 50.6 Å². The molecule has 2 heterocycles. The van der Waals surface area contributed by atoms with Gasteiger partial charge in [0.1, 0.15) is 9.09 Å². The van der Waals surface area contributed by atoms with Crippen LogP contribution in [0.2, 0.25) is 0 Å². The van der Waals surface area contributed by atoms with E-state index in [1.54, 1.807) is 6.92 Å². The Kier molecular flexibility index (Phi) is 5.60. The standard InChI is InChI=1S/C14H22N2O4S2/c1-10-4-3-6-16(9-10)7-5-15-22(19,20)12-8-11(2)13(21-12)14(17)18/h8,10,15H,3-7,9H2,1-2H3,(H,17,18). The van der Waals surface area contributed by atoms with Crippen molar-refractivity contribution in [2.24, 2.45) is 5.92 Å². The van der Waals surface area contributed by atoms with Gasteiger partial charge in [-0.15, -0.1) is 11.3 Å². The number of piperidine rings is 1. The predicted molar refractivity (Wildman–Crippen MR) is 86.0 cm³/mol. The summed E-state index contributed by atoms with van der Waals surface area (Å²) in [6.07, 6.45) is 2.38. The zero-order chi connectivity index (χ0) is 16.3. The second kappa shape index (κ2) is 7.08. The molecule has 6 nitrogen and oxygen atoms in total. The van der Waals surface area contributed by atoms with Crippen LogP contribution in [0.1, 0.15) is 35.0 Å². The Bertz CT molecular complexity index is 639. The number of aryl methyl sites for hydroxylation is 1. The number of sulfonamides is 1. The van der Waals surface area contributed by atoms with Crippen molar-refractivity contribution in [3.8, 4) is 0 Å². The average Bonchev–Trinajstić information content (AvgIpc) is 2.82. The Balaban J connectivity index is 1.93. The molecular formula is C14H22N2O4S2. The molecule has 2 N–H and O–H groups in total. The molecule has 0 radical (unpaired) electrons. The highest BCUT2D eigenvalue weighted by Gasteiger charge is 2.22. The van der Waals surface area contributed by atoms with Crippen LogP contribution < -0.4 is 4.72 Å². The van der Waals surface area contributed by atoms with E-state index in [0.717, 1.165) is 30.8 Å². The van der Waals surface area contributed by atoms with Gasteiger partial charge in [0, 0.05) is 19.6 Å². The van der Waals surface area contributed by atoms with Gasteiger partial charge < -0.3 is 10.0 Å². The number of carboxylic acids is 1. The van der Waals surface area contributed by atoms with Crippen molar-refractivity contribution in [1.82, 2.24) is 9.62 Å². The van der Waals surface area contributed by atoms with Gasteiger partial charge >= 0.3 is 5.97 Å². The number of thiophene rings is 1. The maximum absolute atomic E-state index is 12.2. The van der Waals surface area contributed by atoms with E-state index >= 15 is 0 Å². The van der Waals surface area contributed by atoms with E-state index in [1.165, 1.54) is 12.5 Å². The number of hydrogen-bond acceptors (Lipinski definition) is 5. The van der Waals surface area contributed by atoms with Crippen LogP contribution in [0, 0.1) is 12.8 Å². The fourth-order valence-electron chi connectivity index (χ4n) is 2.70. The van der Waals surface area contributed by atoms with Crippen molar-refractivity contribution in [3.05, 3.63) is 16.5 Å². The molecule has 2 rings (SSSR count). The highest BCUT2D eigenvalue weighted by molar-refractivity contribution is 7.91. The lowest BCUT2D eigenvalue weighted by Crippen LogP contribution is -2.39. The molecule has 1 atom stereocenters. The summed E-state index contributed by atoms with van der Waals surface area (Å²) < 4.78 is 27.1. The van der Waals surface area contributed by atoms with Crippen LogP contribution >= 0.6 is 11.3 Å². The molecule has 22 heavy (non-hydrogen) atoms. The normalized spacial score (nSPS) is 20.2. The number of nitrogens with one attached hydrogen (secondary N) is 1. The summed E-state index contributed by atoms with van der Waals surface area (Å²) in [5.41, 5.74) is 0.475. The zero-order valence-corrected chi connectivity index (χ0v) is 14.5. The van der Waals surface area contributed by atoms with Crippen LogP contribution in [0.4, 0.5) is 0 Å². The molecule has 1 aromatic rings. The lowest BCUT2D eigenvalue weighted by Gasteiger charge is -2.30. The summed E-state index contributed by atoms with van der Waals surface area (Å²) in [5.74, 6) is -0.435. The summed E-state index contributed by atoms with van der Waals surface area (Å²) in [4.78, 5) is 13.3. The quantitative estimate of drug-likeness (QED) is 0.820. The first-order valence-corrected chi connectivity index (χ1v) is 9.65. The molecule has 1 unspecified atom stereocenters. The molecule has 0 aromatic carbocycles. The van der Waals surface area contributed by atoms with Crippen molar-refractivity contribution in [2.45, 2.75) is 30.9 Å². The number of carbonyl (C=O) groups is 1. The van der Waals surface area contributed by atoms with Crippen LogP contribution in [0.15, 0.2) is 10.3 Å². The minimum atomic E-state index is -3.63. The van der Waals surface area contributed by atoms with Crippen molar-refractivity contribution in [3.63, 3.8) is 0 Å². The van der Waals surface area contributed by atoms with E-state index in [1.807, 2.05) is 0 Å². The fraction of sp³-hybridized carbons (Fsp3) is 0.643. The minimum absolute atomic E-state index is 0.0643. The molecule has 0 bridgehead atoms. The Morgan fingerprint density at radius 1 is 1.55 bits per heavy atom. The summed E-state index contributed by atoms with van der Waals surface area (Å²) in [5, 5.41) is 9.00. The molecule has 0 saturated carbocycles. The second-order valence-corrected chi connectivity index (χ2v) is 8.87. The molecule has 1 aliphatic heterocycles. The lowest BCUT2D eigenvalue weighted by atomic mass is 10.0. The Morgan fingerprint density at radius 3 is 2.86 bits per heavy atom. The molecule has 1 saturated heterocycles. The summed E-state index contributed by atoms with van der Waals surface area (Å²) in [7, 11) is -3.63.